The molecule has 21 heavy (non-hydrogen) atoms. The molecule has 0 aliphatic heterocycles. The van der Waals surface area contributed by atoms with E-state index in [9.17, 15) is 13.2 Å². The Morgan fingerprint density at radius 2 is 1.95 bits per heavy atom. The third-order valence-corrected chi connectivity index (χ3v) is 2.88. The monoisotopic (exact) mass is 312 g/mol. The number of anilines is 1. The molecule has 112 valence electrons. The summed E-state index contributed by atoms with van der Waals surface area (Å²) in [4.78, 5) is 18.8. The van der Waals surface area contributed by atoms with Crippen LogP contribution in [-0.4, -0.2) is 40.5 Å². The third kappa shape index (κ3) is 3.66. The molecule has 0 aromatic carbocycles. The molecule has 0 aliphatic carbocycles. The second kappa shape index (κ2) is 5.36. The Morgan fingerprint density at radius 3 is 2.48 bits per heavy atom. The lowest BCUT2D eigenvalue weighted by Gasteiger charge is -2.05. The van der Waals surface area contributed by atoms with Gasteiger partial charge in [-0.15, -0.1) is 0 Å². The van der Waals surface area contributed by atoms with Crippen LogP contribution in [0.4, 0.5) is 10.5 Å². The van der Waals surface area contributed by atoms with Gasteiger partial charge in [-0.2, -0.15) is 5.10 Å². The lowest BCUT2D eigenvalue weighted by atomic mass is 10.3. The summed E-state index contributed by atoms with van der Waals surface area (Å²) in [7, 11) is -1.85. The Bertz CT molecular complexity index is 767. The minimum absolute atomic E-state index is 0.0892. The maximum Gasteiger partial charge on any atom is 0.411 e. The second-order valence-corrected chi connectivity index (χ2v) is 5.83. The standard InChI is InChI=1S/C10H12N6O4S/c1-16-9(20-10(11)17)7(5-14-16)8-12-3-6(4-13-8)15-21(2,18)19/h3-5,15H,1-2H3,(H2,11,17). The fourth-order valence-electron chi connectivity index (χ4n) is 1.53. The SMILES string of the molecule is Cn1ncc(-c2ncc(NS(C)(=O)=O)cn2)c1OC(N)=O. The quantitative estimate of drug-likeness (QED) is 0.789. The van der Waals surface area contributed by atoms with E-state index >= 15 is 0 Å². The number of hydrogen-bond donors (Lipinski definition) is 2. The zero-order valence-electron chi connectivity index (χ0n) is 11.1. The van der Waals surface area contributed by atoms with Crippen LogP contribution < -0.4 is 15.2 Å². The van der Waals surface area contributed by atoms with Crippen molar-refractivity contribution in [2.24, 2.45) is 12.8 Å². The first-order valence-corrected chi connectivity index (χ1v) is 7.45. The van der Waals surface area contributed by atoms with Gasteiger partial charge < -0.3 is 10.5 Å². The molecule has 2 aromatic rings. The Hall–Kier alpha value is -2.69. The van der Waals surface area contributed by atoms with Gasteiger partial charge in [-0.3, -0.25) is 4.72 Å². The molecule has 0 aliphatic rings. The number of carbonyl (C=O) groups excluding carboxylic acids is 1. The molecule has 0 unspecified atom stereocenters. The number of aryl methyl sites for hydroxylation is 1. The number of nitrogens with zero attached hydrogens (tertiary/aromatic N) is 4. The predicted octanol–water partition coefficient (Wildman–Crippen LogP) is -0.294. The first-order chi connectivity index (χ1) is 9.76. The molecule has 3 N–H and O–H groups in total. The van der Waals surface area contributed by atoms with Crippen molar-refractivity contribution in [2.45, 2.75) is 0 Å². The van der Waals surface area contributed by atoms with Crippen LogP contribution in [0.2, 0.25) is 0 Å². The molecule has 0 fully saturated rings. The van der Waals surface area contributed by atoms with Crippen molar-refractivity contribution in [2.75, 3.05) is 11.0 Å². The maximum atomic E-state index is 11.1. The van der Waals surface area contributed by atoms with Crippen LogP contribution in [0.5, 0.6) is 5.88 Å². The van der Waals surface area contributed by atoms with Gasteiger partial charge in [0.25, 0.3) is 0 Å². The highest BCUT2D eigenvalue weighted by Crippen LogP contribution is 2.26. The Kier molecular flexibility index (Phi) is 3.76. The summed E-state index contributed by atoms with van der Waals surface area (Å²) in [5.41, 5.74) is 5.53. The van der Waals surface area contributed by atoms with Gasteiger partial charge in [0.05, 0.1) is 30.5 Å². The zero-order valence-corrected chi connectivity index (χ0v) is 12.0. The molecule has 0 saturated carbocycles. The summed E-state index contributed by atoms with van der Waals surface area (Å²) in [5, 5.41) is 3.92. The molecular formula is C10H12N6O4S. The maximum absolute atomic E-state index is 11.1. The summed E-state index contributed by atoms with van der Waals surface area (Å²) in [6.45, 7) is 0. The number of rotatable bonds is 4. The molecule has 0 spiro atoms. The summed E-state index contributed by atoms with van der Waals surface area (Å²) >= 11 is 0. The van der Waals surface area contributed by atoms with Gasteiger partial charge in [-0.05, 0) is 0 Å². The van der Waals surface area contributed by atoms with Crippen LogP contribution in [-0.2, 0) is 17.1 Å². The lowest BCUT2D eigenvalue weighted by molar-refractivity contribution is 0.207. The summed E-state index contributed by atoms with van der Waals surface area (Å²) < 4.78 is 30.5. The average Bonchev–Trinajstić information content (AvgIpc) is 2.70. The van der Waals surface area contributed by atoms with Gasteiger partial charge in [0.2, 0.25) is 15.9 Å². The van der Waals surface area contributed by atoms with Crippen molar-refractivity contribution in [3.8, 4) is 17.3 Å². The summed E-state index contributed by atoms with van der Waals surface area (Å²) in [6, 6.07) is 0. The second-order valence-electron chi connectivity index (χ2n) is 4.08. The normalized spacial score (nSPS) is 11.1. The van der Waals surface area contributed by atoms with Gasteiger partial charge in [0.1, 0.15) is 5.56 Å². The van der Waals surface area contributed by atoms with Crippen LogP contribution in [0, 0.1) is 0 Å². The van der Waals surface area contributed by atoms with Crippen molar-refractivity contribution in [1.82, 2.24) is 19.7 Å². The zero-order chi connectivity index (χ0) is 15.6. The van der Waals surface area contributed by atoms with Crippen molar-refractivity contribution in [3.05, 3.63) is 18.6 Å². The predicted molar refractivity (Wildman–Crippen MR) is 72.9 cm³/mol. The largest absolute Gasteiger partial charge is 0.411 e. The number of nitrogens with two attached hydrogens (primary N) is 1. The van der Waals surface area contributed by atoms with Crippen molar-refractivity contribution in [1.29, 1.82) is 0 Å². The molecule has 0 saturated heterocycles. The van der Waals surface area contributed by atoms with E-state index in [1.807, 2.05) is 0 Å². The van der Waals surface area contributed by atoms with Crippen LogP contribution in [0.15, 0.2) is 18.6 Å². The summed E-state index contributed by atoms with van der Waals surface area (Å²) in [5.74, 6) is 0.296. The van der Waals surface area contributed by atoms with Crippen molar-refractivity contribution in [3.63, 3.8) is 0 Å². The van der Waals surface area contributed by atoms with Crippen molar-refractivity contribution < 1.29 is 17.9 Å². The van der Waals surface area contributed by atoms with E-state index in [2.05, 4.69) is 19.8 Å². The number of amides is 1. The smallest absolute Gasteiger partial charge is 0.391 e. The Morgan fingerprint density at radius 1 is 1.33 bits per heavy atom. The van der Waals surface area contributed by atoms with Crippen LogP contribution in [0.25, 0.3) is 11.4 Å². The number of nitrogens with one attached hydrogen (secondary N) is 1. The third-order valence-electron chi connectivity index (χ3n) is 2.28. The number of ether oxygens (including phenoxy) is 1. The number of sulfonamides is 1. The van der Waals surface area contributed by atoms with Crippen LogP contribution in [0.3, 0.4) is 0 Å². The fraction of sp³-hybridized carbons (Fsp3) is 0.200. The molecule has 2 heterocycles. The van der Waals surface area contributed by atoms with E-state index in [4.69, 9.17) is 10.5 Å². The Labute approximate surface area is 120 Å². The minimum Gasteiger partial charge on any atom is -0.391 e. The van der Waals surface area contributed by atoms with E-state index < -0.39 is 16.1 Å². The topological polar surface area (TPSA) is 142 Å². The molecule has 1 amide bonds. The molecule has 0 bridgehead atoms. The molecule has 10 nitrogen and oxygen atoms in total. The molecule has 2 aromatic heterocycles. The highest BCUT2D eigenvalue weighted by molar-refractivity contribution is 7.92. The number of carbonyl (C=O) groups is 1. The number of aromatic nitrogens is 4. The fourth-order valence-corrected chi connectivity index (χ4v) is 2.06. The van der Waals surface area contributed by atoms with Gasteiger partial charge in [-0.1, -0.05) is 0 Å². The molecule has 0 atom stereocenters. The average molecular weight is 312 g/mol. The van der Waals surface area contributed by atoms with Gasteiger partial charge in [0, 0.05) is 7.05 Å². The van der Waals surface area contributed by atoms with Gasteiger partial charge >= 0.3 is 6.09 Å². The number of primary amides is 1. The molecule has 11 heteroatoms. The highest BCUT2D eigenvalue weighted by Gasteiger charge is 2.16. The first kappa shape index (κ1) is 14.7. The van der Waals surface area contributed by atoms with Crippen LogP contribution in [0.1, 0.15) is 0 Å². The van der Waals surface area contributed by atoms with E-state index in [-0.39, 0.29) is 17.4 Å². The Balaban J connectivity index is 2.33. The summed E-state index contributed by atoms with van der Waals surface area (Å²) in [6.07, 6.45) is 3.99. The minimum atomic E-state index is -3.41. The van der Waals surface area contributed by atoms with E-state index in [1.165, 1.54) is 23.3 Å². The molecular weight excluding hydrogens is 300 g/mol. The van der Waals surface area contributed by atoms with Crippen LogP contribution >= 0.6 is 0 Å². The highest BCUT2D eigenvalue weighted by atomic mass is 32.2. The molecule has 0 radical (unpaired) electrons. The van der Waals surface area contributed by atoms with E-state index in [0.29, 0.717) is 5.56 Å². The van der Waals surface area contributed by atoms with Gasteiger partial charge in [0.15, 0.2) is 5.82 Å². The molecule has 2 rings (SSSR count). The first-order valence-electron chi connectivity index (χ1n) is 5.56. The number of hydrogen-bond acceptors (Lipinski definition) is 7. The van der Waals surface area contributed by atoms with Crippen molar-refractivity contribution >= 4 is 21.8 Å². The van der Waals surface area contributed by atoms with Gasteiger partial charge in [-0.25, -0.2) is 27.9 Å². The lowest BCUT2D eigenvalue weighted by Crippen LogP contribution is -2.18. The van der Waals surface area contributed by atoms with E-state index in [1.54, 1.807) is 7.05 Å². The van der Waals surface area contributed by atoms with E-state index in [0.717, 1.165) is 6.26 Å².